The minimum Gasteiger partial charge on any atom is -0.445 e. The number of ketones is 1. The standard InChI is InChI=1S/C21H13Cl3O3/c22-15-8-6-14(7-9-15)20(19(25)13-4-2-1-3-5-13)27-21(26)17-11-10-16(23)12-18(17)24/h1-12,20H/t20-/m0/s1. The Morgan fingerprint density at radius 3 is 2.04 bits per heavy atom. The lowest BCUT2D eigenvalue weighted by Crippen LogP contribution is -2.20. The fourth-order valence-corrected chi connectivity index (χ4v) is 3.10. The summed E-state index contributed by atoms with van der Waals surface area (Å²) in [5.41, 5.74) is 1.06. The second kappa shape index (κ2) is 8.57. The van der Waals surface area contributed by atoms with Crippen molar-refractivity contribution in [1.29, 1.82) is 0 Å². The third-order valence-corrected chi connectivity index (χ3v) is 4.64. The maximum Gasteiger partial charge on any atom is 0.340 e. The number of hydrogen-bond donors (Lipinski definition) is 0. The number of halogens is 3. The summed E-state index contributed by atoms with van der Waals surface area (Å²) in [6.07, 6.45) is -1.14. The molecule has 0 N–H and O–H groups in total. The molecule has 6 heteroatoms. The van der Waals surface area contributed by atoms with E-state index in [1.165, 1.54) is 18.2 Å². The van der Waals surface area contributed by atoms with Gasteiger partial charge in [-0.1, -0.05) is 77.3 Å². The van der Waals surface area contributed by atoms with E-state index >= 15 is 0 Å². The number of hydrogen-bond acceptors (Lipinski definition) is 3. The predicted octanol–water partition coefficient (Wildman–Crippen LogP) is 6.43. The average Bonchev–Trinajstić information content (AvgIpc) is 2.67. The van der Waals surface area contributed by atoms with Crippen LogP contribution in [0.1, 0.15) is 32.4 Å². The molecule has 136 valence electrons. The van der Waals surface area contributed by atoms with Crippen LogP contribution in [0.2, 0.25) is 15.1 Å². The van der Waals surface area contributed by atoms with Gasteiger partial charge in [-0.3, -0.25) is 4.79 Å². The lowest BCUT2D eigenvalue weighted by Gasteiger charge is -2.18. The van der Waals surface area contributed by atoms with Crippen molar-refractivity contribution >= 4 is 46.6 Å². The lowest BCUT2D eigenvalue weighted by molar-refractivity contribution is 0.0280. The van der Waals surface area contributed by atoms with E-state index in [4.69, 9.17) is 39.5 Å². The summed E-state index contributed by atoms with van der Waals surface area (Å²) in [7, 11) is 0. The van der Waals surface area contributed by atoms with E-state index in [0.29, 0.717) is 21.2 Å². The summed E-state index contributed by atoms with van der Waals surface area (Å²) in [6, 6.07) is 19.6. The Morgan fingerprint density at radius 2 is 1.41 bits per heavy atom. The molecular weight excluding hydrogens is 407 g/mol. The number of benzene rings is 3. The Morgan fingerprint density at radius 1 is 0.778 bits per heavy atom. The normalized spacial score (nSPS) is 11.7. The smallest absolute Gasteiger partial charge is 0.340 e. The fraction of sp³-hybridized carbons (Fsp3) is 0.0476. The van der Waals surface area contributed by atoms with Gasteiger partial charge in [0.15, 0.2) is 6.10 Å². The highest BCUT2D eigenvalue weighted by molar-refractivity contribution is 6.36. The molecule has 0 spiro atoms. The summed E-state index contributed by atoms with van der Waals surface area (Å²) in [4.78, 5) is 25.6. The van der Waals surface area contributed by atoms with Crippen molar-refractivity contribution in [2.45, 2.75) is 6.10 Å². The average molecular weight is 420 g/mol. The lowest BCUT2D eigenvalue weighted by atomic mass is 9.99. The van der Waals surface area contributed by atoms with E-state index in [1.54, 1.807) is 54.6 Å². The number of carbonyl (C=O) groups excluding carboxylic acids is 2. The maximum atomic E-state index is 13.0. The third-order valence-electron chi connectivity index (χ3n) is 3.85. The van der Waals surface area contributed by atoms with Crippen molar-refractivity contribution < 1.29 is 14.3 Å². The molecule has 3 rings (SSSR count). The molecule has 0 saturated heterocycles. The van der Waals surface area contributed by atoms with Crippen LogP contribution < -0.4 is 0 Å². The number of rotatable bonds is 5. The van der Waals surface area contributed by atoms with Gasteiger partial charge in [-0.15, -0.1) is 0 Å². The molecule has 0 aliphatic heterocycles. The predicted molar refractivity (Wildman–Crippen MR) is 107 cm³/mol. The van der Waals surface area contributed by atoms with E-state index in [1.807, 2.05) is 0 Å². The van der Waals surface area contributed by atoms with Crippen LogP contribution in [0.15, 0.2) is 72.8 Å². The topological polar surface area (TPSA) is 43.4 Å². The van der Waals surface area contributed by atoms with Crippen molar-refractivity contribution in [3.63, 3.8) is 0 Å². The molecule has 3 aromatic rings. The van der Waals surface area contributed by atoms with Crippen LogP contribution in [0, 0.1) is 0 Å². The van der Waals surface area contributed by atoms with Gasteiger partial charge in [-0.05, 0) is 30.3 Å². The zero-order valence-electron chi connectivity index (χ0n) is 13.9. The first kappa shape index (κ1) is 19.4. The van der Waals surface area contributed by atoms with Crippen molar-refractivity contribution in [3.05, 3.63) is 105 Å². The van der Waals surface area contributed by atoms with Crippen LogP contribution >= 0.6 is 34.8 Å². The first-order chi connectivity index (χ1) is 13.0. The summed E-state index contributed by atoms with van der Waals surface area (Å²) in [5.74, 6) is -1.07. The molecule has 3 aromatic carbocycles. The number of Topliss-reactive ketones (excluding diaryl/α,β-unsaturated/α-hetero) is 1. The van der Waals surface area contributed by atoms with Gasteiger partial charge in [-0.25, -0.2) is 4.79 Å². The quantitative estimate of drug-likeness (QED) is 0.353. The van der Waals surface area contributed by atoms with Crippen LogP contribution in [0.4, 0.5) is 0 Å². The van der Waals surface area contributed by atoms with Crippen LogP contribution in [0.25, 0.3) is 0 Å². The van der Waals surface area contributed by atoms with Crippen molar-refractivity contribution in [1.82, 2.24) is 0 Å². The summed E-state index contributed by atoms with van der Waals surface area (Å²) >= 11 is 17.9. The van der Waals surface area contributed by atoms with Crippen LogP contribution in [-0.2, 0) is 4.74 Å². The third kappa shape index (κ3) is 4.69. The molecule has 0 saturated carbocycles. The molecule has 1 atom stereocenters. The molecule has 3 nitrogen and oxygen atoms in total. The van der Waals surface area contributed by atoms with Crippen LogP contribution in [0.5, 0.6) is 0 Å². The Labute approximate surface area is 171 Å². The molecule has 0 aromatic heterocycles. The second-order valence-electron chi connectivity index (χ2n) is 5.69. The highest BCUT2D eigenvalue weighted by Crippen LogP contribution is 2.28. The first-order valence-corrected chi connectivity index (χ1v) is 9.10. The zero-order valence-corrected chi connectivity index (χ0v) is 16.1. The Bertz CT molecular complexity index is 970. The summed E-state index contributed by atoms with van der Waals surface area (Å²) < 4.78 is 5.54. The molecule has 27 heavy (non-hydrogen) atoms. The van der Waals surface area contributed by atoms with Gasteiger partial charge in [0.05, 0.1) is 10.6 Å². The fourth-order valence-electron chi connectivity index (χ4n) is 2.49. The molecule has 0 aliphatic carbocycles. The highest BCUT2D eigenvalue weighted by atomic mass is 35.5. The number of carbonyl (C=O) groups is 2. The van der Waals surface area contributed by atoms with Crippen LogP contribution in [0.3, 0.4) is 0 Å². The van der Waals surface area contributed by atoms with Gasteiger partial charge >= 0.3 is 5.97 Å². The van der Waals surface area contributed by atoms with E-state index in [9.17, 15) is 9.59 Å². The van der Waals surface area contributed by atoms with E-state index in [2.05, 4.69) is 0 Å². The van der Waals surface area contributed by atoms with Crippen molar-refractivity contribution in [2.24, 2.45) is 0 Å². The number of ether oxygens (including phenoxy) is 1. The van der Waals surface area contributed by atoms with E-state index in [-0.39, 0.29) is 16.4 Å². The first-order valence-electron chi connectivity index (χ1n) is 7.96. The molecule has 0 bridgehead atoms. The Hall–Kier alpha value is -2.33. The SMILES string of the molecule is O=C(O[C@H](C(=O)c1ccccc1)c1ccc(Cl)cc1)c1ccc(Cl)cc1Cl. The second-order valence-corrected chi connectivity index (χ2v) is 6.97. The Kier molecular flexibility index (Phi) is 6.17. The van der Waals surface area contributed by atoms with Gasteiger partial charge in [0.25, 0.3) is 0 Å². The number of esters is 1. The minimum atomic E-state index is -1.14. The maximum absolute atomic E-state index is 13.0. The van der Waals surface area contributed by atoms with Gasteiger partial charge in [0.2, 0.25) is 5.78 Å². The monoisotopic (exact) mass is 418 g/mol. The highest BCUT2D eigenvalue weighted by Gasteiger charge is 2.27. The largest absolute Gasteiger partial charge is 0.445 e. The molecule has 0 amide bonds. The van der Waals surface area contributed by atoms with Gasteiger partial charge in [0, 0.05) is 21.2 Å². The molecule has 0 heterocycles. The summed E-state index contributed by atoms with van der Waals surface area (Å²) in [6.45, 7) is 0. The minimum absolute atomic E-state index is 0.126. The zero-order chi connectivity index (χ0) is 19.4. The van der Waals surface area contributed by atoms with Gasteiger partial charge in [-0.2, -0.15) is 0 Å². The van der Waals surface area contributed by atoms with E-state index < -0.39 is 12.1 Å². The van der Waals surface area contributed by atoms with E-state index in [0.717, 1.165) is 0 Å². The van der Waals surface area contributed by atoms with Gasteiger partial charge < -0.3 is 4.74 Å². The van der Waals surface area contributed by atoms with Gasteiger partial charge in [0.1, 0.15) is 0 Å². The van der Waals surface area contributed by atoms with Crippen molar-refractivity contribution in [2.75, 3.05) is 0 Å². The molecule has 0 aliphatic rings. The van der Waals surface area contributed by atoms with Crippen LogP contribution in [-0.4, -0.2) is 11.8 Å². The summed E-state index contributed by atoms with van der Waals surface area (Å²) in [5, 5.41) is 1.05. The Balaban J connectivity index is 1.95. The molecule has 0 unspecified atom stereocenters. The molecule has 0 radical (unpaired) electrons. The van der Waals surface area contributed by atoms with Crippen molar-refractivity contribution in [3.8, 4) is 0 Å². The molecule has 0 fully saturated rings. The molecular formula is C21H13Cl3O3.